The smallest absolute Gasteiger partial charge is 0.387 e. The van der Waals surface area contributed by atoms with E-state index in [1.807, 2.05) is 31.2 Å². The quantitative estimate of drug-likeness (QED) is 0.448. The van der Waals surface area contributed by atoms with Gasteiger partial charge in [-0.05, 0) is 44.0 Å². The third kappa shape index (κ3) is 4.26. The van der Waals surface area contributed by atoms with E-state index in [4.69, 9.17) is 4.98 Å². The molecular formula is C24H21F2N5O2. The second-order valence-electron chi connectivity index (χ2n) is 7.92. The normalized spacial score (nSPS) is 13.5. The van der Waals surface area contributed by atoms with Crippen LogP contribution in [0, 0.1) is 6.92 Å². The lowest BCUT2D eigenvalue weighted by molar-refractivity contribution is -0.0504. The summed E-state index contributed by atoms with van der Waals surface area (Å²) in [6, 6.07) is 13.7. The van der Waals surface area contributed by atoms with E-state index < -0.39 is 6.61 Å². The molecule has 0 aliphatic heterocycles. The summed E-state index contributed by atoms with van der Waals surface area (Å²) in [5.74, 6) is 0.624. The second-order valence-corrected chi connectivity index (χ2v) is 7.92. The van der Waals surface area contributed by atoms with Gasteiger partial charge in [-0.3, -0.25) is 4.79 Å². The molecule has 0 spiro atoms. The lowest BCUT2D eigenvalue weighted by Crippen LogP contribution is -2.24. The number of benzene rings is 1. The van der Waals surface area contributed by atoms with E-state index in [0.29, 0.717) is 39.6 Å². The van der Waals surface area contributed by atoms with Crippen molar-refractivity contribution in [2.75, 3.05) is 0 Å². The zero-order chi connectivity index (χ0) is 22.9. The number of alkyl halides is 2. The van der Waals surface area contributed by atoms with Crippen molar-refractivity contribution in [3.05, 3.63) is 77.2 Å². The minimum absolute atomic E-state index is 0.0329. The first-order chi connectivity index (χ1) is 16.0. The fraction of sp³-hybridized carbons (Fsp3) is 0.250. The Morgan fingerprint density at radius 3 is 2.73 bits per heavy atom. The van der Waals surface area contributed by atoms with Crippen LogP contribution in [0.1, 0.15) is 46.1 Å². The van der Waals surface area contributed by atoms with Gasteiger partial charge in [0.15, 0.2) is 11.5 Å². The summed E-state index contributed by atoms with van der Waals surface area (Å²) in [5, 5.41) is 8.08. The number of aryl methyl sites for hydroxylation is 1. The highest BCUT2D eigenvalue weighted by Gasteiger charge is 2.29. The van der Waals surface area contributed by atoms with Crippen LogP contribution < -0.4 is 10.1 Å². The molecule has 0 radical (unpaired) electrons. The summed E-state index contributed by atoms with van der Waals surface area (Å²) in [7, 11) is 0. The number of ether oxygens (including phenoxy) is 1. The minimum Gasteiger partial charge on any atom is -0.434 e. The molecule has 1 aliphatic rings. The van der Waals surface area contributed by atoms with Crippen LogP contribution in [0.4, 0.5) is 8.78 Å². The molecule has 7 nitrogen and oxygen atoms in total. The van der Waals surface area contributed by atoms with Gasteiger partial charge in [0.2, 0.25) is 0 Å². The summed E-state index contributed by atoms with van der Waals surface area (Å²) >= 11 is 0. The summed E-state index contributed by atoms with van der Waals surface area (Å²) < 4.78 is 31.7. The van der Waals surface area contributed by atoms with E-state index in [1.54, 1.807) is 29.1 Å². The van der Waals surface area contributed by atoms with Crippen molar-refractivity contribution >= 4 is 16.9 Å². The fourth-order valence-electron chi connectivity index (χ4n) is 3.85. The van der Waals surface area contributed by atoms with Crippen molar-refractivity contribution in [1.29, 1.82) is 0 Å². The fourth-order valence-corrected chi connectivity index (χ4v) is 3.85. The van der Waals surface area contributed by atoms with Gasteiger partial charge in [-0.25, -0.2) is 9.97 Å². The van der Waals surface area contributed by atoms with Crippen LogP contribution in [0.2, 0.25) is 0 Å². The number of halogens is 2. The Labute approximate surface area is 188 Å². The van der Waals surface area contributed by atoms with Crippen LogP contribution in [0.25, 0.3) is 16.9 Å². The minimum atomic E-state index is -2.94. The lowest BCUT2D eigenvalue weighted by atomic mass is 10.1. The SMILES string of the molecule is Cc1nn(-c2ccccn2)c2nc(C3CC3)cc(C(=O)NCc3ccccc3OC(F)F)c12. The number of amides is 1. The third-order valence-electron chi connectivity index (χ3n) is 5.57. The largest absolute Gasteiger partial charge is 0.434 e. The number of pyridine rings is 2. The Hall–Kier alpha value is -3.88. The molecule has 1 aliphatic carbocycles. The molecule has 1 fully saturated rings. The number of para-hydroxylation sites is 1. The van der Waals surface area contributed by atoms with Gasteiger partial charge in [0, 0.05) is 29.9 Å². The Kier molecular flexibility index (Phi) is 5.45. The van der Waals surface area contributed by atoms with Gasteiger partial charge in [0.1, 0.15) is 5.75 Å². The molecule has 1 amide bonds. The molecule has 0 saturated heterocycles. The van der Waals surface area contributed by atoms with Crippen molar-refractivity contribution in [1.82, 2.24) is 25.1 Å². The molecule has 3 aromatic heterocycles. The molecule has 1 aromatic carbocycles. The molecule has 9 heteroatoms. The molecule has 168 valence electrons. The number of aromatic nitrogens is 4. The second kappa shape index (κ2) is 8.57. The van der Waals surface area contributed by atoms with Crippen LogP contribution in [0.15, 0.2) is 54.7 Å². The van der Waals surface area contributed by atoms with Crippen molar-refractivity contribution in [3.8, 4) is 11.6 Å². The number of carbonyl (C=O) groups is 1. The Bertz CT molecular complexity index is 1320. The molecular weight excluding hydrogens is 428 g/mol. The lowest BCUT2D eigenvalue weighted by Gasteiger charge is -2.12. The number of nitrogens with zero attached hydrogens (tertiary/aromatic N) is 4. The van der Waals surface area contributed by atoms with Gasteiger partial charge in [0.05, 0.1) is 16.6 Å². The molecule has 0 atom stereocenters. The highest BCUT2D eigenvalue weighted by Crippen LogP contribution is 2.40. The van der Waals surface area contributed by atoms with E-state index in [9.17, 15) is 13.6 Å². The van der Waals surface area contributed by atoms with Crippen LogP contribution in [-0.4, -0.2) is 32.3 Å². The van der Waals surface area contributed by atoms with Gasteiger partial charge >= 0.3 is 6.61 Å². The van der Waals surface area contributed by atoms with E-state index in [2.05, 4.69) is 20.1 Å². The molecule has 0 unspecified atom stereocenters. The number of rotatable bonds is 7. The van der Waals surface area contributed by atoms with Gasteiger partial charge in [-0.2, -0.15) is 18.6 Å². The maximum atomic E-state index is 13.3. The molecule has 4 aromatic rings. The zero-order valence-electron chi connectivity index (χ0n) is 17.8. The van der Waals surface area contributed by atoms with Crippen LogP contribution in [0.5, 0.6) is 5.75 Å². The van der Waals surface area contributed by atoms with Gasteiger partial charge in [-0.1, -0.05) is 24.3 Å². The van der Waals surface area contributed by atoms with Crippen molar-refractivity contribution in [3.63, 3.8) is 0 Å². The van der Waals surface area contributed by atoms with Crippen molar-refractivity contribution in [2.24, 2.45) is 0 Å². The summed E-state index contributed by atoms with van der Waals surface area (Å²) in [5.41, 5.74) is 2.97. The van der Waals surface area contributed by atoms with Gasteiger partial charge < -0.3 is 10.1 Å². The molecule has 5 rings (SSSR count). The predicted octanol–water partition coefficient (Wildman–Crippen LogP) is 4.53. The van der Waals surface area contributed by atoms with Crippen molar-refractivity contribution < 1.29 is 18.3 Å². The van der Waals surface area contributed by atoms with Gasteiger partial charge in [-0.15, -0.1) is 0 Å². The molecule has 0 bridgehead atoms. The summed E-state index contributed by atoms with van der Waals surface area (Å²) in [4.78, 5) is 22.5. The molecule has 3 heterocycles. The van der Waals surface area contributed by atoms with Gasteiger partial charge in [0.25, 0.3) is 5.91 Å². The van der Waals surface area contributed by atoms with E-state index in [-0.39, 0.29) is 18.2 Å². The monoisotopic (exact) mass is 449 g/mol. The number of hydrogen-bond donors (Lipinski definition) is 1. The Balaban J connectivity index is 1.52. The van der Waals surface area contributed by atoms with Crippen LogP contribution >= 0.6 is 0 Å². The number of carbonyl (C=O) groups excluding carboxylic acids is 1. The maximum Gasteiger partial charge on any atom is 0.387 e. The van der Waals surface area contributed by atoms with E-state index >= 15 is 0 Å². The number of hydrogen-bond acceptors (Lipinski definition) is 5. The maximum absolute atomic E-state index is 13.3. The Morgan fingerprint density at radius 1 is 1.21 bits per heavy atom. The first-order valence-electron chi connectivity index (χ1n) is 10.6. The van der Waals surface area contributed by atoms with E-state index in [0.717, 1.165) is 18.5 Å². The Morgan fingerprint density at radius 2 is 2.00 bits per heavy atom. The zero-order valence-corrected chi connectivity index (χ0v) is 17.8. The standard InChI is InChI=1S/C24H21F2N5O2/c1-14-21-17(23(32)28-13-16-6-2-3-7-19(16)33-24(25)26)12-18(15-9-10-15)29-22(21)31(30-14)20-8-4-5-11-27-20/h2-8,11-12,15,24H,9-10,13H2,1H3,(H,28,32). The average Bonchev–Trinajstić information content (AvgIpc) is 3.61. The van der Waals surface area contributed by atoms with Crippen LogP contribution in [-0.2, 0) is 6.54 Å². The summed E-state index contributed by atoms with van der Waals surface area (Å²) in [6.45, 7) is -1.08. The third-order valence-corrected chi connectivity index (χ3v) is 5.57. The average molecular weight is 449 g/mol. The topological polar surface area (TPSA) is 81.9 Å². The summed E-state index contributed by atoms with van der Waals surface area (Å²) in [6.07, 6.45) is 3.72. The van der Waals surface area contributed by atoms with Crippen molar-refractivity contribution in [2.45, 2.75) is 38.8 Å². The number of fused-ring (bicyclic) bond motifs is 1. The first-order valence-corrected chi connectivity index (χ1v) is 10.6. The highest BCUT2D eigenvalue weighted by molar-refractivity contribution is 6.06. The highest BCUT2D eigenvalue weighted by atomic mass is 19.3. The molecule has 1 saturated carbocycles. The molecule has 33 heavy (non-hydrogen) atoms. The predicted molar refractivity (Wildman–Crippen MR) is 118 cm³/mol. The van der Waals surface area contributed by atoms with Crippen LogP contribution in [0.3, 0.4) is 0 Å². The number of nitrogens with one attached hydrogen (secondary N) is 1. The molecule has 1 N–H and O–H groups in total. The van der Waals surface area contributed by atoms with E-state index in [1.165, 1.54) is 6.07 Å². The first kappa shape index (κ1) is 21.0.